The molecule has 1 aliphatic rings. The van der Waals surface area contributed by atoms with Crippen molar-refractivity contribution in [2.75, 3.05) is 20.1 Å². The SMILES string of the molecule is CCC[C@H]1CN(CC(=O)c2cc(C(C)(C)C)c(O)c(C(C)(C)C)c2)/C(=N\Br)[C@@H]1c1ccc(S(=O)(=O)NC)cc1. The maximum absolute atomic E-state index is 13.8. The third-order valence-electron chi connectivity index (χ3n) is 7.48. The molecule has 1 heterocycles. The van der Waals surface area contributed by atoms with Gasteiger partial charge in [0.25, 0.3) is 0 Å². The standard InChI is InChI=1S/C30H42BrN3O4S/c1-9-10-20-17-34(28(33-31)26(20)19-11-13-22(14-12-19)39(37,38)32-8)18-25(35)21-15-23(29(2,3)4)27(36)24(16-21)30(5,6)7/h11-16,20,26,32,36H,9-10,17-18H2,1-8H3/b33-28-/t20-,26+/m0/s1. The maximum Gasteiger partial charge on any atom is 0.240 e. The van der Waals surface area contributed by atoms with E-state index >= 15 is 0 Å². The van der Waals surface area contributed by atoms with E-state index in [1.165, 1.54) is 7.05 Å². The molecule has 2 atom stereocenters. The van der Waals surface area contributed by atoms with Gasteiger partial charge in [0.1, 0.15) is 11.6 Å². The Morgan fingerprint density at radius 1 is 1.08 bits per heavy atom. The van der Waals surface area contributed by atoms with Crippen LogP contribution in [0.3, 0.4) is 0 Å². The summed E-state index contributed by atoms with van der Waals surface area (Å²) in [6, 6.07) is 10.6. The van der Waals surface area contributed by atoms with E-state index in [9.17, 15) is 18.3 Å². The van der Waals surface area contributed by atoms with Crippen LogP contribution in [0.5, 0.6) is 5.75 Å². The van der Waals surface area contributed by atoms with Crippen LogP contribution in [-0.2, 0) is 20.9 Å². The second-order valence-electron chi connectivity index (χ2n) is 12.5. The van der Waals surface area contributed by atoms with Crippen LogP contribution in [-0.4, -0.2) is 50.2 Å². The van der Waals surface area contributed by atoms with E-state index in [0.29, 0.717) is 12.1 Å². The smallest absolute Gasteiger partial charge is 0.240 e. The average Bonchev–Trinajstić information content (AvgIpc) is 3.19. The largest absolute Gasteiger partial charge is 0.507 e. The van der Waals surface area contributed by atoms with Crippen LogP contribution >= 0.6 is 16.1 Å². The van der Waals surface area contributed by atoms with Gasteiger partial charge in [0, 0.05) is 29.2 Å². The lowest BCUT2D eigenvalue weighted by Crippen LogP contribution is -2.32. The number of benzene rings is 2. The topological polar surface area (TPSA) is 99.1 Å². The number of carbonyl (C=O) groups is 1. The number of hydrogen-bond acceptors (Lipinski definition) is 5. The first kappa shape index (κ1) is 31.3. The van der Waals surface area contributed by atoms with Gasteiger partial charge in [-0.2, -0.15) is 4.02 Å². The highest BCUT2D eigenvalue weighted by Gasteiger charge is 2.40. The van der Waals surface area contributed by atoms with Crippen LogP contribution in [0.1, 0.15) is 94.3 Å². The van der Waals surface area contributed by atoms with Crippen molar-refractivity contribution in [1.82, 2.24) is 9.62 Å². The number of amidine groups is 1. The molecular weight excluding hydrogens is 578 g/mol. The molecule has 0 unspecified atom stereocenters. The molecule has 9 heteroatoms. The van der Waals surface area contributed by atoms with E-state index in [1.54, 1.807) is 12.1 Å². The summed E-state index contributed by atoms with van der Waals surface area (Å²) in [4.78, 5) is 16.0. The van der Waals surface area contributed by atoms with Crippen molar-refractivity contribution >= 4 is 37.8 Å². The molecule has 0 saturated carbocycles. The second-order valence-corrected chi connectivity index (χ2v) is 14.7. The van der Waals surface area contributed by atoms with Gasteiger partial charge in [-0.1, -0.05) is 67.0 Å². The van der Waals surface area contributed by atoms with E-state index in [0.717, 1.165) is 35.4 Å². The number of likely N-dealkylation sites (tertiary alicyclic amines) is 1. The van der Waals surface area contributed by atoms with Crippen molar-refractivity contribution in [3.63, 3.8) is 0 Å². The number of nitrogens with zero attached hydrogens (tertiary/aromatic N) is 2. The molecule has 1 saturated heterocycles. The van der Waals surface area contributed by atoms with Crippen molar-refractivity contribution in [1.29, 1.82) is 0 Å². The summed E-state index contributed by atoms with van der Waals surface area (Å²) in [5, 5.41) is 11.1. The number of phenols is 1. The molecule has 0 aromatic heterocycles. The molecule has 0 spiro atoms. The van der Waals surface area contributed by atoms with Crippen LogP contribution in [0.2, 0.25) is 0 Å². The summed E-state index contributed by atoms with van der Waals surface area (Å²) >= 11 is 3.32. The molecule has 0 bridgehead atoms. The van der Waals surface area contributed by atoms with Crippen molar-refractivity contribution in [2.24, 2.45) is 9.94 Å². The fourth-order valence-electron chi connectivity index (χ4n) is 5.37. The quantitative estimate of drug-likeness (QED) is 0.338. The van der Waals surface area contributed by atoms with Gasteiger partial charge in [-0.05, 0) is 60.0 Å². The lowest BCUT2D eigenvalue weighted by Gasteiger charge is -2.28. The Labute approximate surface area is 242 Å². The fourth-order valence-corrected chi connectivity index (χ4v) is 6.54. The minimum atomic E-state index is -3.53. The molecule has 2 aromatic rings. The molecule has 39 heavy (non-hydrogen) atoms. The summed E-state index contributed by atoms with van der Waals surface area (Å²) in [6.07, 6.45) is 1.92. The number of rotatable bonds is 8. The summed E-state index contributed by atoms with van der Waals surface area (Å²) in [5.74, 6) is 1.13. The fraction of sp³-hybridized carbons (Fsp3) is 0.533. The Kier molecular flexibility index (Phi) is 9.40. The monoisotopic (exact) mass is 619 g/mol. The van der Waals surface area contributed by atoms with E-state index in [-0.39, 0.29) is 45.6 Å². The number of carbonyl (C=O) groups excluding carboxylic acids is 1. The lowest BCUT2D eigenvalue weighted by molar-refractivity contribution is 0.0963. The molecule has 7 nitrogen and oxygen atoms in total. The first-order valence-electron chi connectivity index (χ1n) is 13.4. The van der Waals surface area contributed by atoms with Crippen molar-refractivity contribution in [3.8, 4) is 5.75 Å². The van der Waals surface area contributed by atoms with Crippen LogP contribution in [0.25, 0.3) is 0 Å². The maximum atomic E-state index is 13.8. The molecule has 2 aromatic carbocycles. The lowest BCUT2D eigenvalue weighted by atomic mass is 9.78. The first-order chi connectivity index (χ1) is 18.0. The van der Waals surface area contributed by atoms with Gasteiger partial charge in [-0.25, -0.2) is 13.1 Å². The molecule has 1 fully saturated rings. The number of aromatic hydroxyl groups is 1. The minimum absolute atomic E-state index is 0.0361. The van der Waals surface area contributed by atoms with Crippen molar-refractivity contribution in [2.45, 2.75) is 83.0 Å². The Morgan fingerprint density at radius 2 is 1.62 bits per heavy atom. The predicted molar refractivity (Wildman–Crippen MR) is 162 cm³/mol. The second kappa shape index (κ2) is 11.7. The van der Waals surface area contributed by atoms with Gasteiger partial charge in [-0.15, -0.1) is 0 Å². The minimum Gasteiger partial charge on any atom is -0.507 e. The molecular formula is C30H42BrN3O4S. The molecule has 214 valence electrons. The van der Waals surface area contributed by atoms with Crippen LogP contribution < -0.4 is 4.72 Å². The van der Waals surface area contributed by atoms with Gasteiger partial charge in [0.05, 0.1) is 27.6 Å². The highest BCUT2D eigenvalue weighted by Crippen LogP contribution is 2.41. The summed E-state index contributed by atoms with van der Waals surface area (Å²) in [7, 11) is -2.14. The molecule has 1 aliphatic heterocycles. The van der Waals surface area contributed by atoms with E-state index in [4.69, 9.17) is 0 Å². The number of Topliss-reactive ketones (excluding diaryl/α,β-unsaturated/α-hetero) is 1. The van der Waals surface area contributed by atoms with Gasteiger partial charge in [-0.3, -0.25) is 4.79 Å². The number of halogens is 1. The number of nitrogens with one attached hydrogen (secondary N) is 1. The van der Waals surface area contributed by atoms with E-state index < -0.39 is 10.0 Å². The average molecular weight is 621 g/mol. The van der Waals surface area contributed by atoms with E-state index in [1.807, 2.05) is 70.7 Å². The van der Waals surface area contributed by atoms with E-state index in [2.05, 4.69) is 31.8 Å². The number of hydrogen-bond donors (Lipinski definition) is 2. The number of sulfonamides is 1. The zero-order valence-corrected chi connectivity index (χ0v) is 26.7. The van der Waals surface area contributed by atoms with Crippen LogP contribution in [0, 0.1) is 5.92 Å². The van der Waals surface area contributed by atoms with Gasteiger partial charge >= 0.3 is 0 Å². The highest BCUT2D eigenvalue weighted by atomic mass is 79.9. The highest BCUT2D eigenvalue weighted by molar-refractivity contribution is 9.08. The predicted octanol–water partition coefficient (Wildman–Crippen LogP) is 6.30. The van der Waals surface area contributed by atoms with Crippen LogP contribution in [0.4, 0.5) is 0 Å². The Hall–Kier alpha value is -2.23. The third kappa shape index (κ3) is 6.74. The number of ketones is 1. The van der Waals surface area contributed by atoms with Gasteiger partial charge in [0.15, 0.2) is 5.78 Å². The number of phenolic OH excluding ortho intramolecular Hbond substituents is 1. The molecule has 0 radical (unpaired) electrons. The Bertz CT molecular complexity index is 1300. The summed E-state index contributed by atoms with van der Waals surface area (Å²) in [6.45, 7) is 15.2. The Balaban J connectivity index is 1.98. The molecule has 3 rings (SSSR count). The molecule has 0 aliphatic carbocycles. The Morgan fingerprint density at radius 3 is 2.05 bits per heavy atom. The van der Waals surface area contributed by atoms with Crippen LogP contribution in [0.15, 0.2) is 45.3 Å². The molecule has 0 amide bonds. The zero-order valence-electron chi connectivity index (χ0n) is 24.3. The van der Waals surface area contributed by atoms with Gasteiger partial charge in [0.2, 0.25) is 10.0 Å². The van der Waals surface area contributed by atoms with Crippen molar-refractivity contribution in [3.05, 3.63) is 58.7 Å². The summed E-state index contributed by atoms with van der Waals surface area (Å²) in [5.41, 5.74) is 2.39. The zero-order chi connectivity index (χ0) is 29.3. The normalized spacial score (nSPS) is 19.6. The summed E-state index contributed by atoms with van der Waals surface area (Å²) < 4.78 is 31.2. The van der Waals surface area contributed by atoms with Gasteiger partial charge < -0.3 is 10.0 Å². The van der Waals surface area contributed by atoms with Crippen molar-refractivity contribution < 1.29 is 18.3 Å². The molecule has 2 N–H and O–H groups in total. The third-order valence-corrected chi connectivity index (χ3v) is 9.27. The first-order valence-corrected chi connectivity index (χ1v) is 15.6.